The summed E-state index contributed by atoms with van der Waals surface area (Å²) in [5.41, 5.74) is 3.01. The molecular formula is C19H21ClN4O. The van der Waals surface area contributed by atoms with E-state index < -0.39 is 0 Å². The van der Waals surface area contributed by atoms with Gasteiger partial charge in [0.25, 0.3) is 0 Å². The quantitative estimate of drug-likeness (QED) is 0.720. The third-order valence-electron chi connectivity index (χ3n) is 4.97. The van der Waals surface area contributed by atoms with Gasteiger partial charge in [-0.2, -0.15) is 0 Å². The van der Waals surface area contributed by atoms with E-state index >= 15 is 0 Å². The van der Waals surface area contributed by atoms with Gasteiger partial charge in [0, 0.05) is 37.4 Å². The maximum absolute atomic E-state index is 12.9. The van der Waals surface area contributed by atoms with Gasteiger partial charge >= 0.3 is 5.69 Å². The van der Waals surface area contributed by atoms with Gasteiger partial charge in [-0.3, -0.25) is 14.0 Å². The zero-order chi connectivity index (χ0) is 17.4. The fourth-order valence-electron chi connectivity index (χ4n) is 3.76. The molecule has 25 heavy (non-hydrogen) atoms. The fourth-order valence-corrected chi connectivity index (χ4v) is 3.88. The lowest BCUT2D eigenvalue weighted by Gasteiger charge is -2.16. The molecule has 1 saturated heterocycles. The molecule has 0 unspecified atom stereocenters. The van der Waals surface area contributed by atoms with Gasteiger partial charge in [-0.1, -0.05) is 23.7 Å². The topological polar surface area (TPSA) is 43.1 Å². The molecule has 5 nitrogen and oxygen atoms in total. The fraction of sp³-hybridized carbons (Fsp3) is 0.368. The monoisotopic (exact) mass is 356 g/mol. The van der Waals surface area contributed by atoms with E-state index in [2.05, 4.69) is 22.0 Å². The molecule has 0 amide bonds. The molecule has 0 N–H and O–H groups in total. The highest BCUT2D eigenvalue weighted by molar-refractivity contribution is 6.30. The van der Waals surface area contributed by atoms with Crippen molar-refractivity contribution < 1.29 is 0 Å². The van der Waals surface area contributed by atoms with Crippen molar-refractivity contribution in [1.29, 1.82) is 0 Å². The van der Waals surface area contributed by atoms with Crippen LogP contribution in [-0.2, 0) is 13.1 Å². The third kappa shape index (κ3) is 2.98. The molecule has 1 fully saturated rings. The van der Waals surface area contributed by atoms with Crippen molar-refractivity contribution in [2.45, 2.75) is 32.5 Å². The van der Waals surface area contributed by atoms with Crippen LogP contribution in [0.15, 0.2) is 47.4 Å². The number of nitrogens with zero attached hydrogens (tertiary/aromatic N) is 4. The summed E-state index contributed by atoms with van der Waals surface area (Å²) in [6, 6.07) is 12.0. The second-order valence-electron chi connectivity index (χ2n) is 6.55. The van der Waals surface area contributed by atoms with E-state index in [4.69, 9.17) is 11.6 Å². The predicted octanol–water partition coefficient (Wildman–Crippen LogP) is 3.32. The number of halogens is 1. The van der Waals surface area contributed by atoms with Crippen molar-refractivity contribution >= 4 is 22.8 Å². The average Bonchev–Trinajstić information content (AvgIpc) is 3.18. The normalized spacial score (nSPS) is 18.2. The van der Waals surface area contributed by atoms with Gasteiger partial charge in [0.2, 0.25) is 0 Å². The van der Waals surface area contributed by atoms with Crippen molar-refractivity contribution in [2.75, 3.05) is 13.1 Å². The second-order valence-corrected chi connectivity index (χ2v) is 6.98. The first-order valence-electron chi connectivity index (χ1n) is 8.70. The van der Waals surface area contributed by atoms with Crippen molar-refractivity contribution in [3.63, 3.8) is 0 Å². The largest absolute Gasteiger partial charge is 0.330 e. The minimum atomic E-state index is 0.0505. The van der Waals surface area contributed by atoms with Crippen LogP contribution in [0.4, 0.5) is 0 Å². The van der Waals surface area contributed by atoms with Gasteiger partial charge in [-0.15, -0.1) is 0 Å². The maximum Gasteiger partial charge on any atom is 0.330 e. The lowest BCUT2D eigenvalue weighted by atomic mass is 10.2. The minimum Gasteiger partial charge on any atom is -0.297 e. The summed E-state index contributed by atoms with van der Waals surface area (Å²) in [5.74, 6) is 0. The van der Waals surface area contributed by atoms with E-state index in [0.717, 1.165) is 42.2 Å². The Morgan fingerprint density at radius 1 is 1.24 bits per heavy atom. The number of aromatic nitrogens is 3. The standard InChI is InChI=1S/C19H21ClN4O/c1-2-23-17-4-3-10-21-18(17)24(19(23)25)16-9-11-22(13-16)12-14-5-7-15(20)8-6-14/h3-8,10,16H,2,9,11-13H2,1H3/t16-/m1/s1. The van der Waals surface area contributed by atoms with Gasteiger partial charge in [-0.25, -0.2) is 9.78 Å². The molecule has 0 saturated carbocycles. The molecule has 4 rings (SSSR count). The highest BCUT2D eigenvalue weighted by atomic mass is 35.5. The molecule has 1 atom stereocenters. The molecule has 0 radical (unpaired) electrons. The minimum absolute atomic E-state index is 0.0505. The highest BCUT2D eigenvalue weighted by Crippen LogP contribution is 2.25. The van der Waals surface area contributed by atoms with Gasteiger partial charge in [-0.05, 0) is 43.2 Å². The van der Waals surface area contributed by atoms with E-state index in [-0.39, 0.29) is 11.7 Å². The number of benzene rings is 1. The molecule has 2 aromatic heterocycles. The molecule has 130 valence electrons. The van der Waals surface area contributed by atoms with Crippen LogP contribution >= 0.6 is 11.6 Å². The first kappa shape index (κ1) is 16.4. The Morgan fingerprint density at radius 3 is 2.80 bits per heavy atom. The second kappa shape index (κ2) is 6.65. The zero-order valence-electron chi connectivity index (χ0n) is 14.2. The van der Waals surface area contributed by atoms with Crippen LogP contribution < -0.4 is 5.69 Å². The van der Waals surface area contributed by atoms with Crippen LogP contribution in [0.25, 0.3) is 11.2 Å². The lowest BCUT2D eigenvalue weighted by molar-refractivity contribution is 0.315. The smallest absolute Gasteiger partial charge is 0.297 e. The van der Waals surface area contributed by atoms with Gasteiger partial charge in [0.05, 0.1) is 11.6 Å². The zero-order valence-corrected chi connectivity index (χ0v) is 15.0. The van der Waals surface area contributed by atoms with Crippen LogP contribution in [0.1, 0.15) is 24.9 Å². The number of pyridine rings is 1. The van der Waals surface area contributed by atoms with Gasteiger partial charge in [0.15, 0.2) is 5.65 Å². The Labute approximate surface area is 151 Å². The van der Waals surface area contributed by atoms with E-state index in [9.17, 15) is 4.79 Å². The van der Waals surface area contributed by atoms with E-state index in [0.29, 0.717) is 6.54 Å². The summed E-state index contributed by atoms with van der Waals surface area (Å²) in [6.45, 7) is 5.38. The highest BCUT2D eigenvalue weighted by Gasteiger charge is 2.28. The molecule has 0 bridgehead atoms. The third-order valence-corrected chi connectivity index (χ3v) is 5.22. The molecule has 3 aromatic rings. The van der Waals surface area contributed by atoms with Crippen molar-refractivity contribution in [2.24, 2.45) is 0 Å². The van der Waals surface area contributed by atoms with Crippen LogP contribution in [0.2, 0.25) is 5.02 Å². The van der Waals surface area contributed by atoms with Crippen molar-refractivity contribution in [1.82, 2.24) is 19.0 Å². The first-order chi connectivity index (χ1) is 12.2. The van der Waals surface area contributed by atoms with E-state index in [1.165, 1.54) is 5.56 Å². The van der Waals surface area contributed by atoms with E-state index in [1.807, 2.05) is 40.3 Å². The van der Waals surface area contributed by atoms with E-state index in [1.54, 1.807) is 6.20 Å². The Hall–Kier alpha value is -2.11. The first-order valence-corrected chi connectivity index (χ1v) is 9.07. The predicted molar refractivity (Wildman–Crippen MR) is 100 cm³/mol. The Bertz CT molecular complexity index is 944. The Morgan fingerprint density at radius 2 is 2.04 bits per heavy atom. The number of imidazole rings is 1. The molecule has 0 spiro atoms. The summed E-state index contributed by atoms with van der Waals surface area (Å²) in [6.07, 6.45) is 2.73. The summed E-state index contributed by atoms with van der Waals surface area (Å²) < 4.78 is 3.70. The Balaban J connectivity index is 1.60. The molecular weight excluding hydrogens is 336 g/mol. The molecule has 0 aliphatic carbocycles. The number of hydrogen-bond acceptors (Lipinski definition) is 3. The SMILES string of the molecule is CCn1c(=O)n([C@@H]2CCN(Cc3ccc(Cl)cc3)C2)c2ncccc21. The average molecular weight is 357 g/mol. The molecule has 1 aromatic carbocycles. The molecule has 1 aliphatic heterocycles. The van der Waals surface area contributed by atoms with Crippen LogP contribution in [0.5, 0.6) is 0 Å². The molecule has 6 heteroatoms. The molecule has 3 heterocycles. The van der Waals surface area contributed by atoms with Crippen LogP contribution in [-0.4, -0.2) is 32.1 Å². The van der Waals surface area contributed by atoms with Crippen molar-refractivity contribution in [3.8, 4) is 0 Å². The summed E-state index contributed by atoms with van der Waals surface area (Å²) in [7, 11) is 0. The number of hydrogen-bond donors (Lipinski definition) is 0. The van der Waals surface area contributed by atoms with Gasteiger partial charge in [0.1, 0.15) is 0 Å². The molecule has 1 aliphatic rings. The van der Waals surface area contributed by atoms with Crippen molar-refractivity contribution in [3.05, 3.63) is 63.7 Å². The van der Waals surface area contributed by atoms with Crippen LogP contribution in [0, 0.1) is 0 Å². The number of fused-ring (bicyclic) bond motifs is 1. The number of aryl methyl sites for hydroxylation is 1. The summed E-state index contributed by atoms with van der Waals surface area (Å²) >= 11 is 5.96. The maximum atomic E-state index is 12.9. The lowest BCUT2D eigenvalue weighted by Crippen LogP contribution is -2.29. The number of likely N-dealkylation sites (tertiary alicyclic amines) is 1. The van der Waals surface area contributed by atoms with Gasteiger partial charge < -0.3 is 0 Å². The number of rotatable bonds is 4. The van der Waals surface area contributed by atoms with Crippen LogP contribution in [0.3, 0.4) is 0 Å². The summed E-state index contributed by atoms with van der Waals surface area (Å²) in [4.78, 5) is 19.7. The summed E-state index contributed by atoms with van der Waals surface area (Å²) in [5, 5.41) is 0.757. The Kier molecular flexibility index (Phi) is 4.36.